The first kappa shape index (κ1) is 14.9. The lowest BCUT2D eigenvalue weighted by Crippen LogP contribution is -2.32. The molecule has 1 atom stereocenters. The molecule has 1 aliphatic carbocycles. The number of benzene rings is 1. The zero-order valence-corrected chi connectivity index (χ0v) is 12.2. The van der Waals surface area contributed by atoms with Crippen LogP contribution in [0.15, 0.2) is 24.3 Å². The summed E-state index contributed by atoms with van der Waals surface area (Å²) in [5.74, 6) is 0.959. The Kier molecular flexibility index (Phi) is 4.65. The van der Waals surface area contributed by atoms with Crippen LogP contribution in [0.4, 0.5) is 0 Å². The lowest BCUT2D eigenvalue weighted by molar-refractivity contribution is -0.121. The number of ether oxygens (including phenoxy) is 1. The van der Waals surface area contributed by atoms with Gasteiger partial charge in [-0.25, -0.2) is 0 Å². The van der Waals surface area contributed by atoms with Gasteiger partial charge in [-0.2, -0.15) is 0 Å². The molecule has 1 saturated carbocycles. The van der Waals surface area contributed by atoms with E-state index in [2.05, 4.69) is 5.32 Å². The van der Waals surface area contributed by atoms with Crippen LogP contribution in [0.25, 0.3) is 0 Å². The van der Waals surface area contributed by atoms with Gasteiger partial charge in [0.1, 0.15) is 5.75 Å². The van der Waals surface area contributed by atoms with E-state index in [1.165, 1.54) is 0 Å². The average molecular weight is 277 g/mol. The summed E-state index contributed by atoms with van der Waals surface area (Å²) >= 11 is 0. The first-order valence-corrected chi connectivity index (χ1v) is 7.11. The van der Waals surface area contributed by atoms with Crippen LogP contribution < -0.4 is 10.1 Å². The number of carbonyl (C=O) groups is 1. The second-order valence-corrected chi connectivity index (χ2v) is 5.78. The van der Waals surface area contributed by atoms with E-state index in [-0.39, 0.29) is 23.8 Å². The molecule has 4 nitrogen and oxygen atoms in total. The highest BCUT2D eigenvalue weighted by atomic mass is 16.5. The molecule has 1 aromatic carbocycles. The average Bonchev–Trinajstić information content (AvgIpc) is 3.25. The van der Waals surface area contributed by atoms with Gasteiger partial charge in [0.2, 0.25) is 5.91 Å². The predicted octanol–water partition coefficient (Wildman–Crippen LogP) is 2.08. The number of hydrogen-bond donors (Lipinski definition) is 2. The van der Waals surface area contributed by atoms with Gasteiger partial charge in [0.25, 0.3) is 0 Å². The maximum atomic E-state index is 12.0. The summed E-state index contributed by atoms with van der Waals surface area (Å²) < 4.78 is 5.32. The molecule has 1 fully saturated rings. The van der Waals surface area contributed by atoms with Gasteiger partial charge < -0.3 is 15.2 Å². The van der Waals surface area contributed by atoms with E-state index in [0.717, 1.165) is 24.2 Å². The number of rotatable bonds is 7. The summed E-state index contributed by atoms with van der Waals surface area (Å²) in [6, 6.07) is 7.78. The molecule has 0 aromatic heterocycles. The number of amides is 1. The lowest BCUT2D eigenvalue weighted by Gasteiger charge is -2.17. The second kappa shape index (κ2) is 6.27. The fourth-order valence-corrected chi connectivity index (χ4v) is 2.39. The maximum absolute atomic E-state index is 12.0. The van der Waals surface area contributed by atoms with Crippen molar-refractivity contribution in [2.75, 3.05) is 20.3 Å². The maximum Gasteiger partial charge on any atom is 0.220 e. The summed E-state index contributed by atoms with van der Waals surface area (Å²) in [4.78, 5) is 12.0. The van der Waals surface area contributed by atoms with Crippen LogP contribution in [0, 0.1) is 5.41 Å². The van der Waals surface area contributed by atoms with Crippen molar-refractivity contribution < 1.29 is 14.6 Å². The van der Waals surface area contributed by atoms with Gasteiger partial charge in [-0.1, -0.05) is 25.1 Å². The van der Waals surface area contributed by atoms with Gasteiger partial charge in [-0.15, -0.1) is 0 Å². The van der Waals surface area contributed by atoms with E-state index in [1.54, 1.807) is 7.11 Å². The molecule has 2 rings (SSSR count). The summed E-state index contributed by atoms with van der Waals surface area (Å²) in [6.07, 6.45) is 2.44. The first-order valence-electron chi connectivity index (χ1n) is 7.11. The molecule has 2 N–H and O–H groups in total. The van der Waals surface area contributed by atoms with Crippen molar-refractivity contribution in [1.82, 2.24) is 5.32 Å². The highest BCUT2D eigenvalue weighted by Gasteiger charge is 2.42. The predicted molar refractivity (Wildman–Crippen MR) is 77.8 cm³/mol. The summed E-state index contributed by atoms with van der Waals surface area (Å²) in [5, 5.41) is 12.2. The Bertz CT molecular complexity index is 469. The normalized spacial score (nSPS) is 17.4. The second-order valence-electron chi connectivity index (χ2n) is 5.78. The van der Waals surface area contributed by atoms with E-state index in [0.29, 0.717) is 13.0 Å². The molecule has 0 aliphatic heterocycles. The van der Waals surface area contributed by atoms with Gasteiger partial charge >= 0.3 is 0 Å². The smallest absolute Gasteiger partial charge is 0.220 e. The van der Waals surface area contributed by atoms with Gasteiger partial charge in [0.15, 0.2) is 0 Å². The third-order valence-electron chi connectivity index (χ3n) is 4.11. The Labute approximate surface area is 120 Å². The van der Waals surface area contributed by atoms with Crippen LogP contribution in [0.3, 0.4) is 0 Å². The minimum absolute atomic E-state index is 0.0307. The lowest BCUT2D eigenvalue weighted by atomic mass is 9.96. The van der Waals surface area contributed by atoms with Crippen LogP contribution in [0.1, 0.15) is 37.7 Å². The van der Waals surface area contributed by atoms with E-state index < -0.39 is 0 Å². The molecule has 0 heterocycles. The van der Waals surface area contributed by atoms with Crippen molar-refractivity contribution >= 4 is 5.91 Å². The minimum Gasteiger partial charge on any atom is -0.496 e. The molecule has 110 valence electrons. The number of methoxy groups -OCH3 is 1. The van der Waals surface area contributed by atoms with Crippen molar-refractivity contribution in [1.29, 1.82) is 0 Å². The summed E-state index contributed by atoms with van der Waals surface area (Å²) in [6.45, 7) is 2.77. The first-order chi connectivity index (χ1) is 9.60. The molecule has 1 aromatic rings. The van der Waals surface area contributed by atoms with Crippen LogP contribution in [-0.2, 0) is 4.79 Å². The monoisotopic (exact) mass is 277 g/mol. The number of nitrogens with one attached hydrogen (secondary N) is 1. The molecule has 1 amide bonds. The number of hydrogen-bond acceptors (Lipinski definition) is 3. The van der Waals surface area contributed by atoms with Gasteiger partial charge in [-0.05, 0) is 30.4 Å². The number of aliphatic hydroxyl groups excluding tert-OH is 1. The molecule has 0 radical (unpaired) electrons. The van der Waals surface area contributed by atoms with Crippen molar-refractivity contribution in [3.05, 3.63) is 29.8 Å². The number of para-hydroxylation sites is 1. The molecule has 20 heavy (non-hydrogen) atoms. The van der Waals surface area contributed by atoms with Crippen molar-refractivity contribution in [3.8, 4) is 5.75 Å². The molecule has 0 bridgehead atoms. The molecule has 1 unspecified atom stereocenters. The van der Waals surface area contributed by atoms with Gasteiger partial charge in [0, 0.05) is 18.4 Å². The molecule has 0 spiro atoms. The molecule has 1 aliphatic rings. The molecule has 4 heteroatoms. The van der Waals surface area contributed by atoms with E-state index in [4.69, 9.17) is 4.74 Å². The Morgan fingerprint density at radius 1 is 1.45 bits per heavy atom. The summed E-state index contributed by atoms with van der Waals surface area (Å²) in [5.41, 5.74) is 1.01. The quantitative estimate of drug-likeness (QED) is 0.802. The highest BCUT2D eigenvalue weighted by molar-refractivity contribution is 5.77. The van der Waals surface area contributed by atoms with Crippen molar-refractivity contribution in [2.45, 2.75) is 32.1 Å². The summed E-state index contributed by atoms with van der Waals surface area (Å²) in [7, 11) is 1.64. The Morgan fingerprint density at radius 3 is 2.75 bits per heavy atom. The SMILES string of the molecule is COc1ccccc1C(C)CC(=O)NCC1(CO)CC1. The standard InChI is InChI=1S/C16H23NO3/c1-12(13-5-3-4-6-14(13)20-2)9-15(19)17-10-16(11-18)7-8-16/h3-6,12,18H,7-11H2,1-2H3,(H,17,19). The molecule has 0 saturated heterocycles. The fraction of sp³-hybridized carbons (Fsp3) is 0.562. The Balaban J connectivity index is 1.87. The van der Waals surface area contributed by atoms with E-state index in [1.807, 2.05) is 31.2 Å². The van der Waals surface area contributed by atoms with E-state index in [9.17, 15) is 9.90 Å². The van der Waals surface area contributed by atoms with Crippen LogP contribution in [0.2, 0.25) is 0 Å². The van der Waals surface area contributed by atoms with Crippen LogP contribution >= 0.6 is 0 Å². The third-order valence-corrected chi connectivity index (χ3v) is 4.11. The molecular weight excluding hydrogens is 254 g/mol. The number of carbonyl (C=O) groups excluding carboxylic acids is 1. The topological polar surface area (TPSA) is 58.6 Å². The van der Waals surface area contributed by atoms with Gasteiger partial charge in [-0.3, -0.25) is 4.79 Å². The van der Waals surface area contributed by atoms with Crippen molar-refractivity contribution in [3.63, 3.8) is 0 Å². The van der Waals surface area contributed by atoms with E-state index >= 15 is 0 Å². The Morgan fingerprint density at radius 2 is 2.15 bits per heavy atom. The highest BCUT2D eigenvalue weighted by Crippen LogP contribution is 2.44. The number of aliphatic hydroxyl groups is 1. The third kappa shape index (κ3) is 3.51. The van der Waals surface area contributed by atoms with Crippen LogP contribution in [0.5, 0.6) is 5.75 Å². The van der Waals surface area contributed by atoms with Crippen molar-refractivity contribution in [2.24, 2.45) is 5.41 Å². The van der Waals surface area contributed by atoms with Gasteiger partial charge in [0.05, 0.1) is 13.7 Å². The minimum atomic E-state index is -0.0384. The fourth-order valence-electron chi connectivity index (χ4n) is 2.39. The Hall–Kier alpha value is -1.55. The zero-order valence-electron chi connectivity index (χ0n) is 12.2. The van der Waals surface area contributed by atoms with Crippen LogP contribution in [-0.4, -0.2) is 31.3 Å². The largest absolute Gasteiger partial charge is 0.496 e. The zero-order chi connectivity index (χ0) is 14.6. The molecular formula is C16H23NO3.